The largest absolute Gasteiger partial charge is 0.207 e. The van der Waals surface area contributed by atoms with Gasteiger partial charge in [-0.1, -0.05) is 23.8 Å². The van der Waals surface area contributed by atoms with Crippen LogP contribution in [-0.2, 0) is 0 Å². The molecule has 0 saturated carbocycles. The molecule has 0 aliphatic rings. The van der Waals surface area contributed by atoms with E-state index in [-0.39, 0.29) is 11.6 Å². The predicted molar refractivity (Wildman–Crippen MR) is 56.5 cm³/mol. The zero-order valence-electron chi connectivity index (χ0n) is 8.30. The molecule has 0 aliphatic heterocycles. The van der Waals surface area contributed by atoms with Crippen LogP contribution < -0.4 is 0 Å². The molecule has 0 aliphatic carbocycles. The summed E-state index contributed by atoms with van der Waals surface area (Å²) in [5.41, 5.74) is 1.96. The first-order valence-corrected chi connectivity index (χ1v) is 4.69. The smallest absolute Gasteiger partial charge is 0.131 e. The molecule has 2 aromatic carbocycles. The molecule has 0 fully saturated rings. The Kier molecular flexibility index (Phi) is 2.50. The van der Waals surface area contributed by atoms with E-state index in [1.807, 2.05) is 6.92 Å². The van der Waals surface area contributed by atoms with Crippen molar-refractivity contribution in [2.45, 2.75) is 6.92 Å². The highest BCUT2D eigenvalue weighted by molar-refractivity contribution is 5.64. The van der Waals surface area contributed by atoms with Gasteiger partial charge in [-0.2, -0.15) is 0 Å². The molecule has 2 rings (SSSR count). The number of halogens is 2. The van der Waals surface area contributed by atoms with Crippen molar-refractivity contribution in [3.8, 4) is 11.1 Å². The third-order valence-electron chi connectivity index (χ3n) is 2.26. The SMILES string of the molecule is Cc1ccc(F)c(-c2cccc(F)c2)c1. The lowest BCUT2D eigenvalue weighted by molar-refractivity contribution is 0.624. The van der Waals surface area contributed by atoms with E-state index in [1.165, 1.54) is 18.2 Å². The second-order valence-electron chi connectivity index (χ2n) is 3.49. The Hall–Kier alpha value is -1.70. The van der Waals surface area contributed by atoms with Crippen molar-refractivity contribution >= 4 is 0 Å². The summed E-state index contributed by atoms with van der Waals surface area (Å²) in [5.74, 6) is -0.681. The van der Waals surface area contributed by atoms with Gasteiger partial charge < -0.3 is 0 Å². The summed E-state index contributed by atoms with van der Waals surface area (Å²) in [7, 11) is 0. The summed E-state index contributed by atoms with van der Waals surface area (Å²) in [6, 6.07) is 10.8. The van der Waals surface area contributed by atoms with Gasteiger partial charge in [-0.3, -0.25) is 0 Å². The molecule has 0 unspecified atom stereocenters. The van der Waals surface area contributed by atoms with E-state index in [4.69, 9.17) is 0 Å². The van der Waals surface area contributed by atoms with Crippen molar-refractivity contribution < 1.29 is 8.78 Å². The Morgan fingerprint density at radius 1 is 0.933 bits per heavy atom. The van der Waals surface area contributed by atoms with Crippen molar-refractivity contribution in [2.75, 3.05) is 0 Å². The van der Waals surface area contributed by atoms with Gasteiger partial charge >= 0.3 is 0 Å². The van der Waals surface area contributed by atoms with Gasteiger partial charge in [0.05, 0.1) is 0 Å². The van der Waals surface area contributed by atoms with E-state index < -0.39 is 0 Å². The summed E-state index contributed by atoms with van der Waals surface area (Å²) in [6.07, 6.45) is 0. The first-order valence-electron chi connectivity index (χ1n) is 4.69. The number of hydrogen-bond donors (Lipinski definition) is 0. The highest BCUT2D eigenvalue weighted by atomic mass is 19.1. The van der Waals surface area contributed by atoms with Crippen LogP contribution in [0.15, 0.2) is 42.5 Å². The summed E-state index contributed by atoms with van der Waals surface area (Å²) in [5, 5.41) is 0. The van der Waals surface area contributed by atoms with Crippen LogP contribution in [0, 0.1) is 18.6 Å². The van der Waals surface area contributed by atoms with Crippen LogP contribution in [0.3, 0.4) is 0 Å². The lowest BCUT2D eigenvalue weighted by Gasteiger charge is -2.04. The standard InChI is InChI=1S/C13H10F2/c1-9-5-6-13(15)12(7-9)10-3-2-4-11(14)8-10/h2-8H,1H3. The van der Waals surface area contributed by atoms with Crippen LogP contribution in [0.25, 0.3) is 11.1 Å². The zero-order chi connectivity index (χ0) is 10.8. The molecule has 0 spiro atoms. The van der Waals surface area contributed by atoms with Crippen molar-refractivity contribution in [1.82, 2.24) is 0 Å². The fraction of sp³-hybridized carbons (Fsp3) is 0.0769. The minimum Gasteiger partial charge on any atom is -0.207 e. The first-order chi connectivity index (χ1) is 7.16. The van der Waals surface area contributed by atoms with E-state index in [1.54, 1.807) is 24.3 Å². The van der Waals surface area contributed by atoms with E-state index in [2.05, 4.69) is 0 Å². The monoisotopic (exact) mass is 204 g/mol. The van der Waals surface area contributed by atoms with Crippen molar-refractivity contribution in [2.24, 2.45) is 0 Å². The quantitative estimate of drug-likeness (QED) is 0.660. The van der Waals surface area contributed by atoms with E-state index >= 15 is 0 Å². The number of aryl methyl sites for hydroxylation is 1. The Labute approximate surface area is 87.2 Å². The van der Waals surface area contributed by atoms with Crippen LogP contribution in [0.2, 0.25) is 0 Å². The van der Waals surface area contributed by atoms with Gasteiger partial charge in [0.25, 0.3) is 0 Å². The average molecular weight is 204 g/mol. The maximum Gasteiger partial charge on any atom is 0.131 e. The fourth-order valence-electron chi connectivity index (χ4n) is 1.52. The van der Waals surface area contributed by atoms with Gasteiger partial charge in [0.1, 0.15) is 11.6 Å². The van der Waals surface area contributed by atoms with Crippen LogP contribution in [0.1, 0.15) is 5.56 Å². The molecular weight excluding hydrogens is 194 g/mol. The Morgan fingerprint density at radius 3 is 2.47 bits per heavy atom. The molecule has 0 amide bonds. The minimum absolute atomic E-state index is 0.328. The maximum absolute atomic E-state index is 13.5. The normalized spacial score (nSPS) is 10.3. The van der Waals surface area contributed by atoms with Gasteiger partial charge in [-0.25, -0.2) is 8.78 Å². The molecule has 0 bridgehead atoms. The van der Waals surface area contributed by atoms with Gasteiger partial charge in [0.15, 0.2) is 0 Å². The molecule has 0 nitrogen and oxygen atoms in total. The molecule has 0 saturated heterocycles. The van der Waals surface area contributed by atoms with Gasteiger partial charge in [-0.15, -0.1) is 0 Å². The number of rotatable bonds is 1. The summed E-state index contributed by atoms with van der Waals surface area (Å²) >= 11 is 0. The third-order valence-corrected chi connectivity index (χ3v) is 2.26. The molecule has 2 heteroatoms. The first kappa shape index (κ1) is 9.84. The van der Waals surface area contributed by atoms with Gasteiger partial charge in [-0.05, 0) is 36.8 Å². The Morgan fingerprint density at radius 2 is 1.73 bits per heavy atom. The molecule has 0 atom stereocenters. The Bertz CT molecular complexity index is 490. The van der Waals surface area contributed by atoms with Gasteiger partial charge in [0.2, 0.25) is 0 Å². The molecule has 15 heavy (non-hydrogen) atoms. The molecule has 0 heterocycles. The minimum atomic E-state index is -0.353. The number of hydrogen-bond acceptors (Lipinski definition) is 0. The van der Waals surface area contributed by atoms with Crippen molar-refractivity contribution in [3.63, 3.8) is 0 Å². The summed E-state index contributed by atoms with van der Waals surface area (Å²) in [6.45, 7) is 1.88. The van der Waals surface area contributed by atoms with Crippen LogP contribution in [0.5, 0.6) is 0 Å². The van der Waals surface area contributed by atoms with Crippen LogP contribution >= 0.6 is 0 Å². The van der Waals surface area contributed by atoms with E-state index in [0.29, 0.717) is 11.1 Å². The molecular formula is C13H10F2. The Balaban J connectivity index is 2.58. The zero-order valence-corrected chi connectivity index (χ0v) is 8.30. The van der Waals surface area contributed by atoms with Crippen molar-refractivity contribution in [1.29, 1.82) is 0 Å². The predicted octanol–water partition coefficient (Wildman–Crippen LogP) is 3.94. The molecule has 0 N–H and O–H groups in total. The molecule has 0 aromatic heterocycles. The second kappa shape index (κ2) is 3.81. The van der Waals surface area contributed by atoms with E-state index in [0.717, 1.165) is 5.56 Å². The average Bonchev–Trinajstić information content (AvgIpc) is 2.22. The van der Waals surface area contributed by atoms with Crippen LogP contribution in [-0.4, -0.2) is 0 Å². The van der Waals surface area contributed by atoms with E-state index in [9.17, 15) is 8.78 Å². The highest BCUT2D eigenvalue weighted by Crippen LogP contribution is 2.24. The second-order valence-corrected chi connectivity index (χ2v) is 3.49. The number of benzene rings is 2. The maximum atomic E-state index is 13.5. The van der Waals surface area contributed by atoms with Crippen LogP contribution in [0.4, 0.5) is 8.78 Å². The highest BCUT2D eigenvalue weighted by Gasteiger charge is 2.05. The third kappa shape index (κ3) is 2.04. The van der Waals surface area contributed by atoms with Crippen molar-refractivity contribution in [3.05, 3.63) is 59.7 Å². The molecule has 2 aromatic rings. The molecule has 0 radical (unpaired) electrons. The fourth-order valence-corrected chi connectivity index (χ4v) is 1.52. The summed E-state index contributed by atoms with van der Waals surface area (Å²) < 4.78 is 26.4. The van der Waals surface area contributed by atoms with Gasteiger partial charge in [0, 0.05) is 5.56 Å². The summed E-state index contributed by atoms with van der Waals surface area (Å²) in [4.78, 5) is 0. The lowest BCUT2D eigenvalue weighted by Crippen LogP contribution is -1.86. The molecule has 76 valence electrons. The lowest BCUT2D eigenvalue weighted by atomic mass is 10.0. The topological polar surface area (TPSA) is 0 Å².